The predicted molar refractivity (Wildman–Crippen MR) is 102 cm³/mol. The summed E-state index contributed by atoms with van der Waals surface area (Å²) in [7, 11) is -3.76. The van der Waals surface area contributed by atoms with Gasteiger partial charge in [-0.25, -0.2) is 18.4 Å². The maximum Gasteiger partial charge on any atom is 0.410 e. The first-order valence-corrected chi connectivity index (χ1v) is 10.9. The van der Waals surface area contributed by atoms with Crippen LogP contribution in [0.3, 0.4) is 0 Å². The Balaban J connectivity index is 1.60. The Kier molecular flexibility index (Phi) is 5.41. The van der Waals surface area contributed by atoms with Crippen LogP contribution in [0.2, 0.25) is 0 Å². The maximum atomic E-state index is 12.2. The van der Waals surface area contributed by atoms with E-state index < -0.39 is 20.9 Å². The van der Waals surface area contributed by atoms with Crippen molar-refractivity contribution in [1.29, 1.82) is 0 Å². The molecular weight excluding hydrogens is 386 g/mol. The second kappa shape index (κ2) is 7.36. The van der Waals surface area contributed by atoms with Gasteiger partial charge in [-0.05, 0) is 33.6 Å². The third-order valence-electron chi connectivity index (χ3n) is 4.94. The minimum Gasteiger partial charge on any atom is -0.444 e. The summed E-state index contributed by atoms with van der Waals surface area (Å²) >= 11 is 0. The summed E-state index contributed by atoms with van der Waals surface area (Å²) in [5, 5.41) is 8.63. The summed E-state index contributed by atoms with van der Waals surface area (Å²) in [6, 6.07) is 0.0965. The van der Waals surface area contributed by atoms with Crippen molar-refractivity contribution in [2.45, 2.75) is 56.9 Å². The van der Waals surface area contributed by atoms with Crippen LogP contribution in [0.4, 0.5) is 10.5 Å². The van der Waals surface area contributed by atoms with Crippen molar-refractivity contribution in [1.82, 2.24) is 14.7 Å². The van der Waals surface area contributed by atoms with Crippen LogP contribution in [0.5, 0.6) is 0 Å². The number of rotatable bonds is 3. The van der Waals surface area contributed by atoms with E-state index in [0.717, 1.165) is 0 Å². The van der Waals surface area contributed by atoms with Gasteiger partial charge in [0.25, 0.3) is 0 Å². The molecular formula is C17H27N5O5S. The predicted octanol–water partition coefficient (Wildman–Crippen LogP) is 0.849. The third kappa shape index (κ3) is 4.64. The summed E-state index contributed by atoms with van der Waals surface area (Å²) < 4.78 is 30.2. The second-order valence-electron chi connectivity index (χ2n) is 8.30. The number of anilines is 1. The molecule has 0 saturated carbocycles. The van der Waals surface area contributed by atoms with Crippen LogP contribution in [0.25, 0.3) is 0 Å². The Morgan fingerprint density at radius 2 is 1.93 bits per heavy atom. The van der Waals surface area contributed by atoms with Crippen molar-refractivity contribution in [3.05, 3.63) is 12.4 Å². The number of ether oxygens (including phenoxy) is 1. The van der Waals surface area contributed by atoms with Crippen molar-refractivity contribution in [2.75, 3.05) is 24.5 Å². The fraction of sp³-hybridized carbons (Fsp3) is 0.706. The fourth-order valence-electron chi connectivity index (χ4n) is 3.45. The number of carbonyl (C=O) groups excluding carboxylic acids is 2. The van der Waals surface area contributed by atoms with Crippen molar-refractivity contribution >= 4 is 27.7 Å². The molecule has 2 aliphatic heterocycles. The summed E-state index contributed by atoms with van der Waals surface area (Å²) in [4.78, 5) is 27.4. The van der Waals surface area contributed by atoms with E-state index in [4.69, 9.17) is 9.88 Å². The van der Waals surface area contributed by atoms with Gasteiger partial charge in [0, 0.05) is 32.3 Å². The molecule has 3 heterocycles. The highest BCUT2D eigenvalue weighted by atomic mass is 32.2. The SMILES string of the molecule is CC(C)(C)OC(=O)N1CCC(n2cc(N3CC(S(N)(=O)=O)CC3=O)cn2)CC1. The Morgan fingerprint density at radius 1 is 1.29 bits per heavy atom. The minimum absolute atomic E-state index is 0.0421. The quantitative estimate of drug-likeness (QED) is 0.782. The van der Waals surface area contributed by atoms with E-state index in [1.54, 1.807) is 22.0 Å². The second-order valence-corrected chi connectivity index (χ2v) is 10.1. The van der Waals surface area contributed by atoms with Crippen LogP contribution in [0, 0.1) is 0 Å². The Labute approximate surface area is 164 Å². The lowest BCUT2D eigenvalue weighted by Crippen LogP contribution is -2.42. The molecule has 28 heavy (non-hydrogen) atoms. The summed E-state index contributed by atoms with van der Waals surface area (Å²) in [6.07, 6.45) is 4.31. The van der Waals surface area contributed by atoms with Gasteiger partial charge < -0.3 is 14.5 Å². The van der Waals surface area contributed by atoms with Crippen LogP contribution < -0.4 is 10.0 Å². The van der Waals surface area contributed by atoms with Crippen LogP contribution >= 0.6 is 0 Å². The molecule has 1 aromatic rings. The van der Waals surface area contributed by atoms with Crippen molar-refractivity contribution in [2.24, 2.45) is 5.14 Å². The number of primary sulfonamides is 1. The molecule has 11 heteroatoms. The maximum absolute atomic E-state index is 12.2. The molecule has 2 fully saturated rings. The summed E-state index contributed by atoms with van der Waals surface area (Å²) in [6.45, 7) is 6.67. The van der Waals surface area contributed by atoms with E-state index in [1.807, 2.05) is 20.8 Å². The largest absolute Gasteiger partial charge is 0.444 e. The van der Waals surface area contributed by atoms with E-state index in [-0.39, 0.29) is 31.0 Å². The fourth-order valence-corrected chi connectivity index (χ4v) is 4.18. The van der Waals surface area contributed by atoms with Crippen molar-refractivity contribution in [3.63, 3.8) is 0 Å². The smallest absolute Gasteiger partial charge is 0.410 e. The number of nitrogens with two attached hydrogens (primary N) is 1. The third-order valence-corrected chi connectivity index (χ3v) is 6.19. The lowest BCUT2D eigenvalue weighted by molar-refractivity contribution is -0.117. The van der Waals surface area contributed by atoms with Gasteiger partial charge in [-0.3, -0.25) is 9.48 Å². The zero-order valence-electron chi connectivity index (χ0n) is 16.4. The van der Waals surface area contributed by atoms with Crippen molar-refractivity contribution in [3.8, 4) is 0 Å². The normalized spacial score (nSPS) is 22.0. The van der Waals surface area contributed by atoms with Gasteiger partial charge >= 0.3 is 6.09 Å². The van der Waals surface area contributed by atoms with Gasteiger partial charge in [-0.15, -0.1) is 0 Å². The minimum atomic E-state index is -3.76. The molecule has 1 aromatic heterocycles. The molecule has 2 amide bonds. The van der Waals surface area contributed by atoms with E-state index in [2.05, 4.69) is 5.10 Å². The number of likely N-dealkylation sites (tertiary alicyclic amines) is 1. The molecule has 2 saturated heterocycles. The molecule has 0 bridgehead atoms. The average Bonchev–Trinajstić information content (AvgIpc) is 3.19. The first-order chi connectivity index (χ1) is 12.9. The molecule has 0 aliphatic carbocycles. The molecule has 1 atom stereocenters. The number of sulfonamides is 1. The van der Waals surface area contributed by atoms with Gasteiger partial charge in [0.05, 0.1) is 17.9 Å². The van der Waals surface area contributed by atoms with E-state index in [1.165, 1.54) is 4.90 Å². The first-order valence-electron chi connectivity index (χ1n) is 9.28. The van der Waals surface area contributed by atoms with Crippen LogP contribution in [0.15, 0.2) is 12.4 Å². The topological polar surface area (TPSA) is 128 Å². The molecule has 2 aliphatic rings. The zero-order chi connectivity index (χ0) is 20.7. The highest BCUT2D eigenvalue weighted by molar-refractivity contribution is 7.89. The number of nitrogens with zero attached hydrogens (tertiary/aromatic N) is 4. The molecule has 3 rings (SSSR count). The number of carbonyl (C=O) groups is 2. The molecule has 0 aromatic carbocycles. The average molecular weight is 414 g/mol. The molecule has 1 unspecified atom stereocenters. The monoisotopic (exact) mass is 413 g/mol. The van der Waals surface area contributed by atoms with Crippen molar-refractivity contribution < 1.29 is 22.7 Å². The van der Waals surface area contributed by atoms with Crippen LogP contribution in [0.1, 0.15) is 46.1 Å². The summed E-state index contributed by atoms with van der Waals surface area (Å²) in [5.74, 6) is -0.279. The Bertz CT molecular complexity index is 852. The zero-order valence-corrected chi connectivity index (χ0v) is 17.2. The van der Waals surface area contributed by atoms with E-state index >= 15 is 0 Å². The van der Waals surface area contributed by atoms with E-state index in [9.17, 15) is 18.0 Å². The first kappa shape index (κ1) is 20.6. The number of piperidine rings is 1. The van der Waals surface area contributed by atoms with Crippen LogP contribution in [-0.2, 0) is 19.6 Å². The molecule has 0 radical (unpaired) electrons. The standard InChI is InChI=1S/C17H27N5O5S/c1-17(2,3)27-16(24)20-6-4-12(5-7-20)22-10-13(9-19-22)21-11-14(8-15(21)23)28(18,25)26/h9-10,12,14H,4-8,11H2,1-3H3,(H2,18,25,26). The lowest BCUT2D eigenvalue weighted by atomic mass is 10.1. The lowest BCUT2D eigenvalue weighted by Gasteiger charge is -2.33. The summed E-state index contributed by atoms with van der Waals surface area (Å²) in [5.41, 5.74) is 0.0350. The molecule has 0 spiro atoms. The number of hydrogen-bond donors (Lipinski definition) is 1. The molecule has 10 nitrogen and oxygen atoms in total. The molecule has 156 valence electrons. The van der Waals surface area contributed by atoms with Gasteiger partial charge in [0.15, 0.2) is 0 Å². The number of hydrogen-bond acceptors (Lipinski definition) is 6. The number of aromatic nitrogens is 2. The van der Waals surface area contributed by atoms with Gasteiger partial charge in [-0.1, -0.05) is 0 Å². The Morgan fingerprint density at radius 3 is 2.46 bits per heavy atom. The highest BCUT2D eigenvalue weighted by Crippen LogP contribution is 2.28. The van der Waals surface area contributed by atoms with Gasteiger partial charge in [0.1, 0.15) is 10.9 Å². The number of amides is 2. The van der Waals surface area contributed by atoms with E-state index in [0.29, 0.717) is 31.6 Å². The van der Waals surface area contributed by atoms with Gasteiger partial charge in [0.2, 0.25) is 15.9 Å². The van der Waals surface area contributed by atoms with Crippen LogP contribution in [-0.4, -0.2) is 65.6 Å². The highest BCUT2D eigenvalue weighted by Gasteiger charge is 2.38. The Hall–Kier alpha value is -2.14. The van der Waals surface area contributed by atoms with Gasteiger partial charge in [-0.2, -0.15) is 5.10 Å². The molecule has 2 N–H and O–H groups in total.